The Labute approximate surface area is 206 Å². The minimum absolute atomic E-state index is 0.0233. The molecule has 1 fully saturated rings. The first-order valence-electron chi connectivity index (χ1n) is 10.6. The molecular formula is C22H23ClN4O7S. The monoisotopic (exact) mass is 522 g/mol. The molecule has 0 bridgehead atoms. The molecule has 13 heteroatoms. The van der Waals surface area contributed by atoms with Crippen LogP contribution >= 0.6 is 11.6 Å². The van der Waals surface area contributed by atoms with E-state index in [1.165, 1.54) is 24.9 Å². The van der Waals surface area contributed by atoms with Gasteiger partial charge >= 0.3 is 10.3 Å². The number of nitrogens with two attached hydrogens (primary N) is 1. The predicted octanol–water partition coefficient (Wildman–Crippen LogP) is 1.81. The minimum atomic E-state index is -4.12. The summed E-state index contributed by atoms with van der Waals surface area (Å²) in [5.41, 5.74) is 1.05. The number of halogens is 1. The summed E-state index contributed by atoms with van der Waals surface area (Å²) in [6.45, 7) is -0.252. The average Bonchev–Trinajstić information content (AvgIpc) is 3.43. The third kappa shape index (κ3) is 6.23. The van der Waals surface area contributed by atoms with Crippen LogP contribution in [0.2, 0.25) is 5.02 Å². The zero-order valence-electron chi connectivity index (χ0n) is 18.2. The Balaban J connectivity index is 1.47. The van der Waals surface area contributed by atoms with Gasteiger partial charge in [-0.2, -0.15) is 8.42 Å². The van der Waals surface area contributed by atoms with Gasteiger partial charge in [0.15, 0.2) is 5.76 Å². The minimum Gasteiger partial charge on any atom is -0.460 e. The molecule has 4 atom stereocenters. The maximum atomic E-state index is 13.1. The fourth-order valence-corrected chi connectivity index (χ4v) is 4.56. The van der Waals surface area contributed by atoms with Crippen LogP contribution in [0.15, 0.2) is 53.5 Å². The lowest BCUT2D eigenvalue weighted by molar-refractivity contribution is 0.100. The van der Waals surface area contributed by atoms with Gasteiger partial charge in [0.25, 0.3) is 0 Å². The molecule has 3 aromatic rings. The molecule has 0 radical (unpaired) electrons. The molecular weight excluding hydrogens is 500 g/mol. The van der Waals surface area contributed by atoms with Crippen molar-refractivity contribution in [1.82, 2.24) is 9.97 Å². The number of carbonyl (C=O) groups excluding carboxylic acids is 1. The Bertz CT molecular complexity index is 1320. The van der Waals surface area contributed by atoms with Crippen LogP contribution in [-0.2, 0) is 14.5 Å². The first-order valence-corrected chi connectivity index (χ1v) is 12.4. The van der Waals surface area contributed by atoms with Crippen LogP contribution < -0.4 is 10.5 Å². The SMILES string of the molecule is NS(=O)(=O)OC[C@H]1C[C@@H](Nc2ncncc2C(=O)c2cc(C(O)c3cccc(Cl)c3)co2)C[C@@H]1O. The lowest BCUT2D eigenvalue weighted by Gasteiger charge is -2.15. The highest BCUT2D eigenvalue weighted by Gasteiger charge is 2.35. The standard InChI is InChI=1S/C22H23ClN4O7S/c23-15-3-1-2-12(4-15)20(29)14-6-19(33-9-14)21(30)17-8-25-11-26-22(17)27-16-5-13(18(28)7-16)10-34-35(24,31)32/h1-4,6,8-9,11,13,16,18,20,28-29H,5,7,10H2,(H2,24,31,32)(H,25,26,27)/t13-,16-,18+,20?/m1/s1. The van der Waals surface area contributed by atoms with Crippen molar-refractivity contribution in [3.63, 3.8) is 0 Å². The predicted molar refractivity (Wildman–Crippen MR) is 125 cm³/mol. The number of aliphatic hydroxyl groups is 2. The summed E-state index contributed by atoms with van der Waals surface area (Å²) >= 11 is 5.99. The van der Waals surface area contributed by atoms with Crippen molar-refractivity contribution < 1.29 is 32.0 Å². The fourth-order valence-electron chi connectivity index (χ4n) is 4.00. The summed E-state index contributed by atoms with van der Waals surface area (Å²) in [7, 11) is -4.12. The molecule has 0 amide bonds. The Morgan fingerprint density at radius 2 is 2.11 bits per heavy atom. The highest BCUT2D eigenvalue weighted by atomic mass is 35.5. The Morgan fingerprint density at radius 1 is 1.31 bits per heavy atom. The van der Waals surface area contributed by atoms with Crippen molar-refractivity contribution in [3.8, 4) is 0 Å². The van der Waals surface area contributed by atoms with Crippen molar-refractivity contribution in [2.75, 3.05) is 11.9 Å². The molecule has 1 unspecified atom stereocenters. The number of nitrogens with one attached hydrogen (secondary N) is 1. The van der Waals surface area contributed by atoms with E-state index in [4.69, 9.17) is 21.2 Å². The second-order valence-electron chi connectivity index (χ2n) is 8.23. The smallest absolute Gasteiger partial charge is 0.333 e. The van der Waals surface area contributed by atoms with Gasteiger partial charge in [0.1, 0.15) is 18.2 Å². The second-order valence-corrected chi connectivity index (χ2v) is 9.89. The first-order chi connectivity index (χ1) is 16.6. The number of nitrogens with zero attached hydrogens (tertiary/aromatic N) is 2. The Kier molecular flexibility index (Phi) is 7.50. The zero-order chi connectivity index (χ0) is 25.2. The number of furan rings is 1. The van der Waals surface area contributed by atoms with Crippen molar-refractivity contribution in [1.29, 1.82) is 0 Å². The van der Waals surface area contributed by atoms with E-state index in [1.807, 2.05) is 0 Å². The largest absolute Gasteiger partial charge is 0.460 e. The first kappa shape index (κ1) is 25.2. The number of aromatic nitrogens is 2. The van der Waals surface area contributed by atoms with Gasteiger partial charge in [-0.05, 0) is 36.6 Å². The van der Waals surface area contributed by atoms with Crippen molar-refractivity contribution in [2.24, 2.45) is 11.1 Å². The van der Waals surface area contributed by atoms with E-state index in [0.29, 0.717) is 22.6 Å². The second kappa shape index (κ2) is 10.4. The molecule has 2 aromatic heterocycles. The van der Waals surface area contributed by atoms with Gasteiger partial charge in [-0.3, -0.25) is 8.98 Å². The Morgan fingerprint density at radius 3 is 2.86 bits per heavy atom. The lowest BCUT2D eigenvalue weighted by Crippen LogP contribution is -2.24. The van der Waals surface area contributed by atoms with Crippen LogP contribution in [-0.4, -0.2) is 53.1 Å². The van der Waals surface area contributed by atoms with Gasteiger partial charge in [0.05, 0.1) is 24.5 Å². The number of rotatable bonds is 9. The molecule has 11 nitrogen and oxygen atoms in total. The number of ketones is 1. The number of anilines is 1. The van der Waals surface area contributed by atoms with Gasteiger partial charge in [-0.15, -0.1) is 0 Å². The number of aliphatic hydroxyl groups excluding tert-OH is 2. The topological polar surface area (TPSA) is 178 Å². The zero-order valence-corrected chi connectivity index (χ0v) is 19.8. The number of carbonyl (C=O) groups is 1. The molecule has 1 aliphatic carbocycles. The highest BCUT2D eigenvalue weighted by Crippen LogP contribution is 2.31. The molecule has 2 heterocycles. The summed E-state index contributed by atoms with van der Waals surface area (Å²) in [6, 6.07) is 7.84. The summed E-state index contributed by atoms with van der Waals surface area (Å²) < 4.78 is 32.1. The molecule has 1 saturated carbocycles. The number of hydrogen-bond donors (Lipinski definition) is 4. The van der Waals surface area contributed by atoms with E-state index in [0.717, 1.165) is 0 Å². The molecule has 4 rings (SSSR count). The van der Waals surface area contributed by atoms with Crippen molar-refractivity contribution in [2.45, 2.75) is 31.1 Å². The van der Waals surface area contributed by atoms with Crippen molar-refractivity contribution >= 4 is 33.5 Å². The van der Waals surface area contributed by atoms with E-state index in [2.05, 4.69) is 19.5 Å². The van der Waals surface area contributed by atoms with E-state index in [1.54, 1.807) is 24.3 Å². The molecule has 5 N–H and O–H groups in total. The quantitative estimate of drug-likeness (QED) is 0.303. The third-order valence-electron chi connectivity index (χ3n) is 5.73. The van der Waals surface area contributed by atoms with Crippen LogP contribution in [0.3, 0.4) is 0 Å². The summed E-state index contributed by atoms with van der Waals surface area (Å²) in [5, 5.41) is 29.3. The van der Waals surface area contributed by atoms with Gasteiger partial charge in [-0.25, -0.2) is 15.1 Å². The lowest BCUT2D eigenvalue weighted by atomic mass is 10.0. The summed E-state index contributed by atoms with van der Waals surface area (Å²) in [5.74, 6) is -0.772. The third-order valence-corrected chi connectivity index (χ3v) is 6.42. The highest BCUT2D eigenvalue weighted by molar-refractivity contribution is 7.84. The molecule has 0 saturated heterocycles. The average molecular weight is 523 g/mol. The van der Waals surface area contributed by atoms with Crippen LogP contribution in [0.4, 0.5) is 5.82 Å². The maximum absolute atomic E-state index is 13.1. The van der Waals surface area contributed by atoms with E-state index in [9.17, 15) is 23.4 Å². The van der Waals surface area contributed by atoms with Crippen LogP contribution in [0.1, 0.15) is 46.2 Å². The molecule has 186 valence electrons. The molecule has 0 aliphatic heterocycles. The van der Waals surface area contributed by atoms with E-state index < -0.39 is 34.2 Å². The van der Waals surface area contributed by atoms with E-state index >= 15 is 0 Å². The van der Waals surface area contributed by atoms with E-state index in [-0.39, 0.29) is 36.2 Å². The normalized spacial score (nSPS) is 21.1. The number of benzene rings is 1. The van der Waals surface area contributed by atoms with Gasteiger partial charge in [0, 0.05) is 28.7 Å². The molecule has 1 aliphatic rings. The van der Waals surface area contributed by atoms with Crippen LogP contribution in [0.25, 0.3) is 0 Å². The summed E-state index contributed by atoms with van der Waals surface area (Å²) in [4.78, 5) is 21.2. The molecule has 0 spiro atoms. The van der Waals surface area contributed by atoms with Crippen LogP contribution in [0.5, 0.6) is 0 Å². The van der Waals surface area contributed by atoms with Gasteiger partial charge in [0.2, 0.25) is 5.78 Å². The summed E-state index contributed by atoms with van der Waals surface area (Å²) in [6.07, 6.45) is 2.68. The van der Waals surface area contributed by atoms with Crippen molar-refractivity contribution in [3.05, 3.63) is 76.6 Å². The molecule has 1 aromatic carbocycles. The molecule has 35 heavy (non-hydrogen) atoms. The maximum Gasteiger partial charge on any atom is 0.333 e. The number of hydrogen-bond acceptors (Lipinski definition) is 10. The van der Waals surface area contributed by atoms with Gasteiger partial charge in [-0.1, -0.05) is 23.7 Å². The van der Waals surface area contributed by atoms with Gasteiger partial charge < -0.3 is 19.9 Å². The Hall–Kier alpha value is -2.87. The van der Waals surface area contributed by atoms with Crippen LogP contribution in [0, 0.1) is 5.92 Å². The fraction of sp³-hybridized carbons (Fsp3) is 0.318.